The Balaban J connectivity index is 1.40. The molecule has 0 radical (unpaired) electrons. The molecule has 0 saturated carbocycles. The van der Waals surface area contributed by atoms with Crippen molar-refractivity contribution in [2.24, 2.45) is 0 Å². The molecule has 1 unspecified atom stereocenters. The van der Waals surface area contributed by atoms with E-state index in [2.05, 4.69) is 39.4 Å². The van der Waals surface area contributed by atoms with Crippen molar-refractivity contribution in [1.29, 1.82) is 0 Å². The van der Waals surface area contributed by atoms with Crippen LogP contribution in [0.5, 0.6) is 0 Å². The highest BCUT2D eigenvalue weighted by Gasteiger charge is 2.29. The number of anilines is 2. The van der Waals surface area contributed by atoms with Crippen LogP contribution in [0.4, 0.5) is 16.0 Å². The molecule has 0 spiro atoms. The number of nitrogens with zero attached hydrogens (tertiary/aromatic N) is 4. The average Bonchev–Trinajstić information content (AvgIpc) is 3.16. The van der Waals surface area contributed by atoms with E-state index < -0.39 is 11.8 Å². The van der Waals surface area contributed by atoms with Crippen LogP contribution in [-0.2, 0) is 24.2 Å². The molecule has 1 atom stereocenters. The zero-order valence-corrected chi connectivity index (χ0v) is 20.5. The molecule has 0 saturated heterocycles. The Bertz CT molecular complexity index is 1520. The van der Waals surface area contributed by atoms with Crippen LogP contribution in [0.15, 0.2) is 42.7 Å². The fourth-order valence-corrected chi connectivity index (χ4v) is 5.96. The van der Waals surface area contributed by atoms with Crippen LogP contribution in [0.25, 0.3) is 16.7 Å². The quantitative estimate of drug-likeness (QED) is 0.375. The minimum absolute atomic E-state index is 0.198. The number of hydrogen-bond donors (Lipinski definition) is 2. The predicted molar refractivity (Wildman–Crippen MR) is 137 cm³/mol. The molecular formula is C27H25ClFN5O2. The van der Waals surface area contributed by atoms with Gasteiger partial charge in [-0.05, 0) is 84.8 Å². The molecule has 9 heteroatoms. The summed E-state index contributed by atoms with van der Waals surface area (Å²) in [6, 6.07) is 8.62. The molecule has 6 rings (SSSR count). The lowest BCUT2D eigenvalue weighted by molar-refractivity contribution is -0.136. The first-order valence-electron chi connectivity index (χ1n) is 12.0. The van der Waals surface area contributed by atoms with E-state index in [0.717, 1.165) is 25.2 Å². The number of aliphatic carboxylic acids is 1. The van der Waals surface area contributed by atoms with Crippen LogP contribution in [0.2, 0.25) is 5.02 Å². The number of carboxylic acid groups (broad SMARTS) is 1. The van der Waals surface area contributed by atoms with E-state index in [9.17, 15) is 14.3 Å². The van der Waals surface area contributed by atoms with E-state index in [-0.39, 0.29) is 11.4 Å². The standard InChI is InChI=1S/C27H25ClFN5O2/c1-33-12-16-4-2-3-15-7-20(8-18(13-33)25(15)16)31-27-30-11-22(28)26(32-27)34-14-17(9-24(35)36)21-6-5-19(29)10-23(21)34/h5-8,10-11,14,16H,2-4,9,12-13H2,1H3,(H,35,36)(H,30,31,32). The number of rotatable bonds is 5. The van der Waals surface area contributed by atoms with Crippen molar-refractivity contribution in [1.82, 2.24) is 19.4 Å². The van der Waals surface area contributed by atoms with Crippen molar-refractivity contribution >= 4 is 40.1 Å². The Hall–Kier alpha value is -3.49. The summed E-state index contributed by atoms with van der Waals surface area (Å²) in [6.45, 7) is 2.01. The number of benzene rings is 2. The summed E-state index contributed by atoms with van der Waals surface area (Å²) in [5.74, 6) is -0.105. The maximum atomic E-state index is 14.1. The fourth-order valence-electron chi connectivity index (χ4n) is 5.78. The number of carboxylic acids is 1. The first kappa shape index (κ1) is 22.9. The molecule has 184 valence electrons. The number of nitrogens with one attached hydrogen (secondary N) is 1. The lowest BCUT2D eigenvalue weighted by Gasteiger charge is -2.37. The minimum atomic E-state index is -0.973. The molecule has 7 nitrogen and oxygen atoms in total. The van der Waals surface area contributed by atoms with Crippen molar-refractivity contribution in [3.63, 3.8) is 0 Å². The van der Waals surface area contributed by atoms with Gasteiger partial charge in [0.15, 0.2) is 5.82 Å². The minimum Gasteiger partial charge on any atom is -0.481 e. The molecule has 0 bridgehead atoms. The third-order valence-electron chi connectivity index (χ3n) is 7.13. The number of aromatic nitrogens is 3. The Morgan fingerprint density at radius 3 is 2.94 bits per heavy atom. The van der Waals surface area contributed by atoms with Gasteiger partial charge in [-0.2, -0.15) is 4.98 Å². The van der Waals surface area contributed by atoms with E-state index in [1.165, 1.54) is 47.9 Å². The number of hydrogen-bond acceptors (Lipinski definition) is 5. The number of likely N-dealkylation sites (N-methyl/N-ethyl adjacent to an activating group) is 1. The van der Waals surface area contributed by atoms with E-state index in [1.807, 2.05) is 0 Å². The van der Waals surface area contributed by atoms with Gasteiger partial charge < -0.3 is 15.3 Å². The topological polar surface area (TPSA) is 83.3 Å². The number of aryl methyl sites for hydroxylation is 1. The summed E-state index contributed by atoms with van der Waals surface area (Å²) in [4.78, 5) is 22.8. The number of halogens is 2. The zero-order valence-electron chi connectivity index (χ0n) is 19.8. The maximum Gasteiger partial charge on any atom is 0.307 e. The average molecular weight is 506 g/mol. The van der Waals surface area contributed by atoms with Crippen LogP contribution < -0.4 is 5.32 Å². The molecular weight excluding hydrogens is 481 g/mol. The molecule has 3 heterocycles. The largest absolute Gasteiger partial charge is 0.481 e. The van der Waals surface area contributed by atoms with Crippen molar-refractivity contribution in [2.75, 3.05) is 18.9 Å². The summed E-state index contributed by atoms with van der Waals surface area (Å²) >= 11 is 6.48. The number of carbonyl (C=O) groups is 1. The fraction of sp³-hybridized carbons (Fsp3) is 0.296. The molecule has 4 aromatic rings. The van der Waals surface area contributed by atoms with Gasteiger partial charge in [-0.25, -0.2) is 9.37 Å². The Labute approximate surface area is 212 Å². The molecule has 0 fully saturated rings. The Morgan fingerprint density at radius 1 is 1.28 bits per heavy atom. The van der Waals surface area contributed by atoms with Gasteiger partial charge in [0.1, 0.15) is 10.8 Å². The second-order valence-corrected chi connectivity index (χ2v) is 10.1. The summed E-state index contributed by atoms with van der Waals surface area (Å²) in [7, 11) is 2.16. The predicted octanol–water partition coefficient (Wildman–Crippen LogP) is 5.45. The van der Waals surface area contributed by atoms with Gasteiger partial charge in [0.25, 0.3) is 0 Å². The first-order valence-corrected chi connectivity index (χ1v) is 12.4. The smallest absolute Gasteiger partial charge is 0.307 e. The van der Waals surface area contributed by atoms with Gasteiger partial charge in [-0.3, -0.25) is 9.36 Å². The summed E-state index contributed by atoms with van der Waals surface area (Å²) in [6.07, 6.45) is 6.44. The van der Waals surface area contributed by atoms with Crippen molar-refractivity contribution in [2.45, 2.75) is 38.1 Å². The van der Waals surface area contributed by atoms with E-state index in [4.69, 9.17) is 11.6 Å². The van der Waals surface area contributed by atoms with E-state index in [0.29, 0.717) is 34.2 Å². The van der Waals surface area contributed by atoms with Gasteiger partial charge in [0.2, 0.25) is 5.95 Å². The SMILES string of the molecule is CN1Cc2cc(Nc3ncc(Cl)c(-n4cc(CC(=O)O)c5ccc(F)cc54)n3)cc3c2C(CCC3)C1. The molecule has 2 aromatic heterocycles. The van der Waals surface area contributed by atoms with E-state index in [1.54, 1.807) is 16.8 Å². The molecule has 1 aliphatic carbocycles. The van der Waals surface area contributed by atoms with Crippen LogP contribution in [0.3, 0.4) is 0 Å². The lowest BCUT2D eigenvalue weighted by Crippen LogP contribution is -2.33. The highest BCUT2D eigenvalue weighted by atomic mass is 35.5. The second-order valence-electron chi connectivity index (χ2n) is 9.74. The molecule has 2 aromatic carbocycles. The van der Waals surface area contributed by atoms with Crippen LogP contribution in [0.1, 0.15) is 41.0 Å². The lowest BCUT2D eigenvalue weighted by atomic mass is 9.77. The molecule has 36 heavy (non-hydrogen) atoms. The van der Waals surface area contributed by atoms with Crippen molar-refractivity contribution in [3.8, 4) is 5.82 Å². The van der Waals surface area contributed by atoms with Crippen LogP contribution >= 0.6 is 11.6 Å². The Morgan fingerprint density at radius 2 is 2.11 bits per heavy atom. The normalized spacial score (nSPS) is 17.2. The van der Waals surface area contributed by atoms with Gasteiger partial charge in [0, 0.05) is 30.4 Å². The molecule has 2 aliphatic rings. The van der Waals surface area contributed by atoms with E-state index >= 15 is 0 Å². The van der Waals surface area contributed by atoms with Gasteiger partial charge >= 0.3 is 5.97 Å². The molecule has 1 aliphatic heterocycles. The van der Waals surface area contributed by atoms with Gasteiger partial charge in [-0.1, -0.05) is 11.6 Å². The molecule has 2 N–H and O–H groups in total. The number of fused-ring (bicyclic) bond motifs is 1. The van der Waals surface area contributed by atoms with Crippen molar-refractivity contribution in [3.05, 3.63) is 75.8 Å². The van der Waals surface area contributed by atoms with Gasteiger partial charge in [0.05, 0.1) is 18.1 Å². The van der Waals surface area contributed by atoms with Crippen LogP contribution in [0, 0.1) is 5.82 Å². The van der Waals surface area contributed by atoms with Crippen LogP contribution in [-0.4, -0.2) is 44.1 Å². The summed E-state index contributed by atoms with van der Waals surface area (Å²) in [5, 5.41) is 13.6. The highest BCUT2D eigenvalue weighted by molar-refractivity contribution is 6.32. The maximum absolute atomic E-state index is 14.1. The zero-order chi connectivity index (χ0) is 25.0. The summed E-state index contributed by atoms with van der Waals surface area (Å²) < 4.78 is 15.8. The summed E-state index contributed by atoms with van der Waals surface area (Å²) in [5.41, 5.74) is 6.20. The third-order valence-corrected chi connectivity index (χ3v) is 7.40. The second kappa shape index (κ2) is 8.87. The molecule has 0 amide bonds. The highest BCUT2D eigenvalue weighted by Crippen LogP contribution is 2.40. The Kier molecular flexibility index (Phi) is 5.65. The monoisotopic (exact) mass is 505 g/mol. The van der Waals surface area contributed by atoms with Crippen molar-refractivity contribution < 1.29 is 14.3 Å². The first-order chi connectivity index (χ1) is 17.4. The third kappa shape index (κ3) is 4.10. The van der Waals surface area contributed by atoms with Gasteiger partial charge in [-0.15, -0.1) is 0 Å².